The molecule has 0 spiro atoms. The predicted molar refractivity (Wildman–Crippen MR) is 287 cm³/mol. The Morgan fingerprint density at radius 2 is 0.603 bits per heavy atom. The molecule has 6 rings (SSSR count). The van der Waals surface area contributed by atoms with Gasteiger partial charge >= 0.3 is 17.9 Å². The van der Waals surface area contributed by atoms with Crippen LogP contribution < -0.4 is 14.2 Å². The molecule has 10 heteroatoms. The number of esters is 3. The molecule has 0 fully saturated rings. The Bertz CT molecular complexity index is 2750. The lowest BCUT2D eigenvalue weighted by Gasteiger charge is -2.21. The van der Waals surface area contributed by atoms with E-state index in [0.717, 1.165) is 64.8 Å². The second kappa shape index (κ2) is 24.1. The zero-order valence-electron chi connectivity index (χ0n) is 43.8. The van der Waals surface area contributed by atoms with Crippen molar-refractivity contribution in [3.05, 3.63) is 177 Å². The lowest BCUT2D eigenvalue weighted by Crippen LogP contribution is -2.29. The van der Waals surface area contributed by atoms with Crippen molar-refractivity contribution in [2.75, 3.05) is 19.8 Å². The molecule has 0 atom stereocenters. The smallest absolute Gasteiger partial charge is 0.345 e. The predicted octanol–water partition coefficient (Wildman–Crippen LogP) is 11.9. The van der Waals surface area contributed by atoms with Crippen LogP contribution in [0, 0.1) is 77.1 Å². The number of hydrogen-bond donors (Lipinski definition) is 0. The van der Waals surface area contributed by atoms with Crippen LogP contribution in [0.25, 0.3) is 0 Å². The first-order chi connectivity index (χ1) is 34.6. The summed E-state index contributed by atoms with van der Waals surface area (Å²) in [5, 5.41) is 0. The Morgan fingerprint density at radius 1 is 0.384 bits per heavy atom. The van der Waals surface area contributed by atoms with E-state index in [4.69, 9.17) is 28.4 Å². The van der Waals surface area contributed by atoms with E-state index in [1.807, 2.05) is 133 Å². The SMILES string of the molecule is Cc1cc([S+](c2cc(C)c(OCC(=O)OC(C)(C)C#Cc3ccccc3)c(C)c2)c2cc(C)c(OCC(=O)OC(C)(C)C#Cc3ccccc3)c(C)c2)cc(C)c1OCC(=O)OC(C)(C)C#Cc1ccccc1. The third-order valence-electron chi connectivity index (χ3n) is 11.0. The second-order valence-electron chi connectivity index (χ2n) is 19.1. The summed E-state index contributed by atoms with van der Waals surface area (Å²) in [7, 11) is -0.722. The first-order valence-corrected chi connectivity index (χ1v) is 25.2. The maximum Gasteiger partial charge on any atom is 0.345 e. The maximum absolute atomic E-state index is 13.1. The molecule has 0 heterocycles. The number of ether oxygens (including phenoxy) is 6. The highest BCUT2D eigenvalue weighted by atomic mass is 32.2. The molecule has 374 valence electrons. The Labute approximate surface area is 434 Å². The highest BCUT2D eigenvalue weighted by molar-refractivity contribution is 7.97. The van der Waals surface area contributed by atoms with Crippen LogP contribution in [0.2, 0.25) is 0 Å². The van der Waals surface area contributed by atoms with E-state index in [-0.39, 0.29) is 19.8 Å². The zero-order valence-corrected chi connectivity index (χ0v) is 44.6. The summed E-state index contributed by atoms with van der Waals surface area (Å²) in [6.45, 7) is 21.3. The van der Waals surface area contributed by atoms with Crippen LogP contribution in [0.3, 0.4) is 0 Å². The molecule has 0 radical (unpaired) electrons. The van der Waals surface area contributed by atoms with Gasteiger partial charge < -0.3 is 28.4 Å². The van der Waals surface area contributed by atoms with Gasteiger partial charge in [-0.25, -0.2) is 14.4 Å². The fourth-order valence-electron chi connectivity index (χ4n) is 7.82. The molecular formula is C63H63O9S+. The summed E-state index contributed by atoms with van der Waals surface area (Å²) in [6.07, 6.45) is 0. The van der Waals surface area contributed by atoms with Gasteiger partial charge in [0, 0.05) is 53.1 Å². The van der Waals surface area contributed by atoms with Crippen molar-refractivity contribution < 1.29 is 42.8 Å². The number of hydrogen-bond acceptors (Lipinski definition) is 9. The van der Waals surface area contributed by atoms with E-state index < -0.39 is 45.6 Å². The summed E-state index contributed by atoms with van der Waals surface area (Å²) in [5.41, 5.74) is 4.32. The molecule has 0 bridgehead atoms. The number of aryl methyl sites for hydroxylation is 6. The summed E-state index contributed by atoms with van der Waals surface area (Å²) >= 11 is 0. The molecule has 73 heavy (non-hydrogen) atoms. The van der Waals surface area contributed by atoms with E-state index in [1.54, 1.807) is 41.5 Å². The molecule has 6 aromatic rings. The van der Waals surface area contributed by atoms with Gasteiger partial charge in [-0.1, -0.05) is 90.1 Å². The van der Waals surface area contributed by atoms with Gasteiger partial charge in [0.25, 0.3) is 0 Å². The van der Waals surface area contributed by atoms with E-state index in [1.165, 1.54) is 0 Å². The molecular weight excluding hydrogens is 933 g/mol. The molecule has 0 unspecified atom stereocenters. The second-order valence-corrected chi connectivity index (χ2v) is 21.2. The Hall–Kier alpha value is -7.84. The Morgan fingerprint density at radius 3 is 0.822 bits per heavy atom. The highest BCUT2D eigenvalue weighted by Crippen LogP contribution is 2.40. The normalized spacial score (nSPS) is 11.1. The van der Waals surface area contributed by atoms with Gasteiger partial charge in [-0.05, 0) is 153 Å². The van der Waals surface area contributed by atoms with Crippen molar-refractivity contribution in [2.24, 2.45) is 0 Å². The molecule has 0 aliphatic carbocycles. The van der Waals surface area contributed by atoms with Gasteiger partial charge in [-0.15, -0.1) is 0 Å². The first kappa shape index (κ1) is 54.5. The Balaban J connectivity index is 1.25. The molecule has 0 amide bonds. The lowest BCUT2D eigenvalue weighted by atomic mass is 10.1. The van der Waals surface area contributed by atoms with Crippen molar-refractivity contribution in [1.29, 1.82) is 0 Å². The van der Waals surface area contributed by atoms with Gasteiger partial charge in [0.15, 0.2) is 51.3 Å². The summed E-state index contributed by atoms with van der Waals surface area (Å²) in [5.74, 6) is 18.4. The average Bonchev–Trinajstić information content (AvgIpc) is 3.32. The lowest BCUT2D eigenvalue weighted by molar-refractivity contribution is -0.155. The zero-order chi connectivity index (χ0) is 52.9. The topological polar surface area (TPSA) is 107 Å². The highest BCUT2D eigenvalue weighted by Gasteiger charge is 2.34. The van der Waals surface area contributed by atoms with Crippen molar-refractivity contribution in [1.82, 2.24) is 0 Å². The van der Waals surface area contributed by atoms with Crippen molar-refractivity contribution in [2.45, 2.75) is 115 Å². The van der Waals surface area contributed by atoms with Gasteiger partial charge in [0.05, 0.1) is 10.9 Å². The molecule has 0 aromatic heterocycles. The minimum absolute atomic E-state index is 0.304. The van der Waals surface area contributed by atoms with E-state index in [0.29, 0.717) is 17.2 Å². The van der Waals surface area contributed by atoms with E-state index >= 15 is 0 Å². The average molecular weight is 996 g/mol. The third kappa shape index (κ3) is 16.1. The minimum Gasteiger partial charge on any atom is -0.481 e. The van der Waals surface area contributed by atoms with Crippen molar-refractivity contribution >= 4 is 28.8 Å². The Kier molecular flexibility index (Phi) is 18.0. The fraction of sp³-hybridized carbons (Fsp3) is 0.286. The molecule has 0 saturated carbocycles. The van der Waals surface area contributed by atoms with Crippen LogP contribution in [0.1, 0.15) is 91.6 Å². The molecule has 9 nitrogen and oxygen atoms in total. The summed E-state index contributed by atoms with van der Waals surface area (Å²) in [6, 6.07) is 41.0. The number of carbonyl (C=O) groups is 3. The van der Waals surface area contributed by atoms with E-state index in [2.05, 4.69) is 71.9 Å². The summed E-state index contributed by atoms with van der Waals surface area (Å²) in [4.78, 5) is 42.4. The number of carbonyl (C=O) groups excluding carboxylic acids is 3. The van der Waals surface area contributed by atoms with Gasteiger partial charge in [0.1, 0.15) is 17.2 Å². The monoisotopic (exact) mass is 995 g/mol. The van der Waals surface area contributed by atoms with Crippen LogP contribution in [-0.4, -0.2) is 54.5 Å². The minimum atomic E-state index is -1.04. The standard InChI is InChI=1S/C63H63O9S/c1-43-34-52(35-44(2)58(43)67-40-55(64)70-61(7,8)31-28-49-22-16-13-17-23-49)73(53-36-45(3)59(46(4)37-53)68-41-56(65)71-62(9,10)32-29-50-24-18-14-19-25-50)54-38-47(5)60(48(6)39-54)69-42-57(66)72-63(11,12)33-30-51-26-20-15-21-27-51/h13-27,34-39H,40-42H2,1-12H3/q+1. The third-order valence-corrected chi connectivity index (χ3v) is 13.1. The quantitative estimate of drug-likeness (QED) is 0.0430. The van der Waals surface area contributed by atoms with Crippen LogP contribution in [-0.2, 0) is 39.5 Å². The number of benzene rings is 6. The molecule has 0 N–H and O–H groups in total. The molecule has 0 aliphatic rings. The molecule has 6 aromatic carbocycles. The fourth-order valence-corrected chi connectivity index (χ4v) is 10.4. The van der Waals surface area contributed by atoms with Gasteiger partial charge in [-0.3, -0.25) is 0 Å². The number of rotatable bonds is 15. The van der Waals surface area contributed by atoms with Crippen LogP contribution in [0.4, 0.5) is 0 Å². The van der Waals surface area contributed by atoms with E-state index in [9.17, 15) is 14.4 Å². The maximum atomic E-state index is 13.1. The van der Waals surface area contributed by atoms with Gasteiger partial charge in [0.2, 0.25) is 0 Å². The van der Waals surface area contributed by atoms with Crippen LogP contribution >= 0.6 is 0 Å². The van der Waals surface area contributed by atoms with Crippen LogP contribution in [0.5, 0.6) is 17.2 Å². The van der Waals surface area contributed by atoms with Crippen molar-refractivity contribution in [3.63, 3.8) is 0 Å². The summed E-state index contributed by atoms with van der Waals surface area (Å²) < 4.78 is 35.7. The van der Waals surface area contributed by atoms with Crippen molar-refractivity contribution in [3.8, 4) is 52.8 Å². The molecule has 0 aliphatic heterocycles. The molecule has 0 saturated heterocycles. The van der Waals surface area contributed by atoms with Gasteiger partial charge in [-0.2, -0.15) is 0 Å². The van der Waals surface area contributed by atoms with Crippen LogP contribution in [0.15, 0.2) is 142 Å². The largest absolute Gasteiger partial charge is 0.481 e. The first-order valence-electron chi connectivity index (χ1n) is 23.9.